The van der Waals surface area contributed by atoms with Crippen molar-refractivity contribution in [2.24, 2.45) is 11.1 Å². The van der Waals surface area contributed by atoms with E-state index >= 15 is 0 Å². The molecule has 1 spiro atoms. The Morgan fingerprint density at radius 2 is 1.80 bits per heavy atom. The molecule has 1 saturated carbocycles. The molecular formula is C15H19F3N2. The molecule has 0 unspecified atom stereocenters. The average molecular weight is 284 g/mol. The van der Waals surface area contributed by atoms with Crippen LogP contribution >= 0.6 is 0 Å². The topological polar surface area (TPSA) is 29.3 Å². The first-order valence-corrected chi connectivity index (χ1v) is 7.09. The van der Waals surface area contributed by atoms with Gasteiger partial charge in [0.2, 0.25) is 0 Å². The third-order valence-corrected chi connectivity index (χ3v) is 4.70. The predicted molar refractivity (Wildman–Crippen MR) is 72.4 cm³/mol. The summed E-state index contributed by atoms with van der Waals surface area (Å²) < 4.78 is 39.1. The van der Waals surface area contributed by atoms with Crippen LogP contribution < -0.4 is 10.6 Å². The molecule has 1 aromatic carbocycles. The van der Waals surface area contributed by atoms with Crippen molar-refractivity contribution in [1.82, 2.24) is 0 Å². The van der Waals surface area contributed by atoms with E-state index in [-0.39, 0.29) is 12.1 Å². The summed E-state index contributed by atoms with van der Waals surface area (Å²) in [6.07, 6.45) is 0.620. The number of rotatable bonds is 2. The smallest absolute Gasteiger partial charge is 0.370 e. The molecule has 1 aliphatic carbocycles. The monoisotopic (exact) mass is 284 g/mol. The molecule has 1 aromatic rings. The first-order valence-electron chi connectivity index (χ1n) is 7.09. The summed E-state index contributed by atoms with van der Waals surface area (Å²) in [6.45, 7) is 1.71. The lowest BCUT2D eigenvalue weighted by Crippen LogP contribution is -2.55. The number of nitrogens with zero attached hydrogens (tertiary/aromatic N) is 1. The van der Waals surface area contributed by atoms with Crippen molar-refractivity contribution in [3.05, 3.63) is 29.3 Å². The van der Waals surface area contributed by atoms with Gasteiger partial charge in [-0.25, -0.2) is 0 Å². The van der Waals surface area contributed by atoms with Crippen LogP contribution in [-0.4, -0.2) is 13.1 Å². The number of benzene rings is 1. The van der Waals surface area contributed by atoms with Gasteiger partial charge in [0.15, 0.2) is 0 Å². The van der Waals surface area contributed by atoms with Gasteiger partial charge in [-0.15, -0.1) is 0 Å². The third kappa shape index (κ3) is 2.28. The van der Waals surface area contributed by atoms with Crippen LogP contribution in [0.25, 0.3) is 0 Å². The minimum atomic E-state index is -4.33. The van der Waals surface area contributed by atoms with E-state index in [9.17, 15) is 13.2 Å². The lowest BCUT2D eigenvalue weighted by atomic mass is 9.78. The van der Waals surface area contributed by atoms with E-state index in [0.717, 1.165) is 13.1 Å². The van der Waals surface area contributed by atoms with E-state index in [2.05, 4.69) is 4.90 Å². The fourth-order valence-electron chi connectivity index (χ4n) is 3.59. The summed E-state index contributed by atoms with van der Waals surface area (Å²) in [7, 11) is 0. The molecule has 0 bridgehead atoms. The quantitative estimate of drug-likeness (QED) is 0.900. The molecule has 110 valence electrons. The molecular weight excluding hydrogens is 265 g/mol. The molecule has 0 aromatic heterocycles. The van der Waals surface area contributed by atoms with Gasteiger partial charge in [0.05, 0.1) is 5.56 Å². The second kappa shape index (κ2) is 4.65. The van der Waals surface area contributed by atoms with Crippen molar-refractivity contribution < 1.29 is 13.2 Å². The molecule has 1 aliphatic heterocycles. The molecule has 20 heavy (non-hydrogen) atoms. The molecule has 2 nitrogen and oxygen atoms in total. The Balaban J connectivity index is 1.81. The molecule has 2 aliphatic rings. The summed E-state index contributed by atoms with van der Waals surface area (Å²) in [4.78, 5) is 2.06. The Kier molecular flexibility index (Phi) is 3.20. The van der Waals surface area contributed by atoms with Gasteiger partial charge in [-0.2, -0.15) is 13.2 Å². The summed E-state index contributed by atoms with van der Waals surface area (Å²) in [5.74, 6) is 0. The number of alkyl halides is 3. The zero-order valence-corrected chi connectivity index (χ0v) is 11.3. The van der Waals surface area contributed by atoms with Gasteiger partial charge in [0, 0.05) is 30.7 Å². The highest BCUT2D eigenvalue weighted by atomic mass is 19.4. The second-order valence-corrected chi connectivity index (χ2v) is 6.11. The lowest BCUT2D eigenvalue weighted by Gasteiger charge is -2.50. The van der Waals surface area contributed by atoms with Crippen LogP contribution in [0.5, 0.6) is 0 Å². The van der Waals surface area contributed by atoms with Crippen LogP contribution in [-0.2, 0) is 12.7 Å². The van der Waals surface area contributed by atoms with E-state index < -0.39 is 11.7 Å². The third-order valence-electron chi connectivity index (χ3n) is 4.70. The molecule has 3 rings (SSSR count). The highest BCUT2D eigenvalue weighted by Gasteiger charge is 2.45. The summed E-state index contributed by atoms with van der Waals surface area (Å²) in [6, 6.07) is 4.53. The van der Waals surface area contributed by atoms with Crippen LogP contribution in [0.3, 0.4) is 0 Å². The fourth-order valence-corrected chi connectivity index (χ4v) is 3.59. The maximum absolute atomic E-state index is 13.0. The molecule has 2 N–H and O–H groups in total. The van der Waals surface area contributed by atoms with Crippen LogP contribution in [0.15, 0.2) is 18.2 Å². The maximum Gasteiger partial charge on any atom is 0.416 e. The normalized spacial score (nSPS) is 21.3. The highest BCUT2D eigenvalue weighted by molar-refractivity contribution is 5.54. The molecule has 0 radical (unpaired) electrons. The van der Waals surface area contributed by atoms with Gasteiger partial charge in [-0.3, -0.25) is 0 Å². The van der Waals surface area contributed by atoms with Crippen LogP contribution in [0.1, 0.15) is 36.8 Å². The SMILES string of the molecule is NCc1ccc(N2CC3(CCCC3)C2)cc1C(F)(F)F. The first-order chi connectivity index (χ1) is 9.43. The zero-order valence-electron chi connectivity index (χ0n) is 11.3. The number of halogens is 3. The van der Waals surface area contributed by atoms with Gasteiger partial charge in [0.25, 0.3) is 0 Å². The van der Waals surface area contributed by atoms with Gasteiger partial charge < -0.3 is 10.6 Å². The summed E-state index contributed by atoms with van der Waals surface area (Å²) in [5, 5.41) is 0. The maximum atomic E-state index is 13.0. The molecule has 1 heterocycles. The van der Waals surface area contributed by atoms with E-state index in [1.807, 2.05) is 0 Å². The largest absolute Gasteiger partial charge is 0.416 e. The summed E-state index contributed by atoms with van der Waals surface area (Å²) >= 11 is 0. The van der Waals surface area contributed by atoms with Crippen molar-refractivity contribution in [1.29, 1.82) is 0 Å². The predicted octanol–water partition coefficient (Wildman–Crippen LogP) is 3.54. The summed E-state index contributed by atoms with van der Waals surface area (Å²) in [5.41, 5.74) is 6.03. The number of hydrogen-bond acceptors (Lipinski definition) is 2. The van der Waals surface area contributed by atoms with Gasteiger partial charge in [-0.1, -0.05) is 18.9 Å². The minimum Gasteiger partial charge on any atom is -0.370 e. The highest BCUT2D eigenvalue weighted by Crippen LogP contribution is 2.47. The zero-order chi connectivity index (χ0) is 14.4. The van der Waals surface area contributed by atoms with Crippen LogP contribution in [0.4, 0.5) is 18.9 Å². The molecule has 5 heteroatoms. The van der Waals surface area contributed by atoms with Gasteiger partial charge >= 0.3 is 6.18 Å². The van der Waals surface area contributed by atoms with E-state index in [4.69, 9.17) is 5.73 Å². The first kappa shape index (κ1) is 13.7. The van der Waals surface area contributed by atoms with Crippen molar-refractivity contribution >= 4 is 5.69 Å². The Hall–Kier alpha value is -1.23. The average Bonchev–Trinajstić information content (AvgIpc) is 2.84. The molecule has 1 saturated heterocycles. The van der Waals surface area contributed by atoms with E-state index in [0.29, 0.717) is 11.1 Å². The van der Waals surface area contributed by atoms with Crippen molar-refractivity contribution in [3.63, 3.8) is 0 Å². The van der Waals surface area contributed by atoms with E-state index in [1.54, 1.807) is 6.07 Å². The van der Waals surface area contributed by atoms with Crippen molar-refractivity contribution in [2.75, 3.05) is 18.0 Å². The number of hydrogen-bond donors (Lipinski definition) is 1. The molecule has 0 amide bonds. The van der Waals surface area contributed by atoms with Gasteiger partial charge in [-0.05, 0) is 30.5 Å². The second-order valence-electron chi connectivity index (χ2n) is 6.11. The lowest BCUT2D eigenvalue weighted by molar-refractivity contribution is -0.138. The Morgan fingerprint density at radius 1 is 1.15 bits per heavy atom. The van der Waals surface area contributed by atoms with Crippen molar-refractivity contribution in [2.45, 2.75) is 38.4 Å². The Morgan fingerprint density at radius 3 is 2.35 bits per heavy atom. The standard InChI is InChI=1S/C15H19F3N2/c16-15(17,18)13-7-12(4-3-11(13)8-19)20-9-14(10-20)5-1-2-6-14/h3-4,7H,1-2,5-6,8-10,19H2. The number of anilines is 1. The van der Waals surface area contributed by atoms with Crippen LogP contribution in [0, 0.1) is 5.41 Å². The fraction of sp³-hybridized carbons (Fsp3) is 0.600. The van der Waals surface area contributed by atoms with Crippen molar-refractivity contribution in [3.8, 4) is 0 Å². The van der Waals surface area contributed by atoms with E-state index in [1.165, 1.54) is 37.8 Å². The Bertz CT molecular complexity index is 496. The minimum absolute atomic E-state index is 0.0843. The van der Waals surface area contributed by atoms with Crippen LogP contribution in [0.2, 0.25) is 0 Å². The Labute approximate surface area is 116 Å². The van der Waals surface area contributed by atoms with Gasteiger partial charge in [0.1, 0.15) is 0 Å². The number of nitrogens with two attached hydrogens (primary N) is 1. The molecule has 2 fully saturated rings. The molecule has 0 atom stereocenters.